The smallest absolute Gasteiger partial charge is 0.0465 e. The Labute approximate surface area is 160 Å². The molecule has 2 aliphatic carbocycles. The van der Waals surface area contributed by atoms with Gasteiger partial charge in [-0.15, -0.1) is 0 Å². The van der Waals surface area contributed by atoms with Crippen molar-refractivity contribution in [3.05, 3.63) is 20.3 Å². The molecule has 0 saturated heterocycles. The zero-order valence-electron chi connectivity index (χ0n) is 16.8. The molecule has 0 aromatic heterocycles. The van der Waals surface area contributed by atoms with Gasteiger partial charge in [0, 0.05) is 0 Å². The van der Waals surface area contributed by atoms with E-state index in [2.05, 4.69) is 50.8 Å². The molecular weight excluding hydrogens is 447 g/mol. The first-order valence-corrected chi connectivity index (χ1v) is 10.9. The van der Waals surface area contributed by atoms with Crippen molar-refractivity contribution in [2.75, 3.05) is 0 Å². The molecule has 2 rings (SSSR count). The molecule has 0 aromatic carbocycles. The van der Waals surface area contributed by atoms with Crippen LogP contribution in [0.2, 0.25) is 0 Å². The Morgan fingerprint density at radius 1 is 0.826 bits per heavy atom. The van der Waals surface area contributed by atoms with Crippen LogP contribution in [0.25, 0.3) is 0 Å². The minimum atomic E-state index is 0. The van der Waals surface area contributed by atoms with Crippen molar-refractivity contribution in [2.24, 2.45) is 15.2 Å². The van der Waals surface area contributed by atoms with Gasteiger partial charge in [-0.05, 0) is 11.8 Å². The summed E-state index contributed by atoms with van der Waals surface area (Å²) in [7, 11) is 0. The molecule has 0 radical (unpaired) electrons. The Kier molecular flexibility index (Phi) is 18.0. The van der Waals surface area contributed by atoms with Crippen molar-refractivity contribution in [3.63, 3.8) is 0 Å². The van der Waals surface area contributed by atoms with E-state index in [1.807, 2.05) is 0 Å². The molecule has 0 aliphatic heterocycles. The Bertz CT molecular complexity index is 227. The second kappa shape index (κ2) is 16.0. The molecule has 1 nitrogen and oxygen atoms in total. The number of hydrogen-bond acceptors (Lipinski definition) is 1. The van der Waals surface area contributed by atoms with E-state index in [0.29, 0.717) is 0 Å². The maximum Gasteiger partial charge on any atom is -0.0465 e. The van der Waals surface area contributed by atoms with Crippen LogP contribution in [0.3, 0.4) is 0 Å². The van der Waals surface area contributed by atoms with Gasteiger partial charge >= 0.3 is 50.5 Å². The monoisotopic (exact) mass is 489 g/mol. The third-order valence-electron chi connectivity index (χ3n) is 4.57. The van der Waals surface area contributed by atoms with Crippen molar-refractivity contribution >= 4 is 0 Å². The summed E-state index contributed by atoms with van der Waals surface area (Å²) in [6.45, 7) is 10.9. The second-order valence-corrected chi connectivity index (χ2v) is 8.42. The van der Waals surface area contributed by atoms with Crippen molar-refractivity contribution in [1.29, 1.82) is 0 Å². The van der Waals surface area contributed by atoms with Crippen LogP contribution in [0.5, 0.6) is 0 Å². The van der Waals surface area contributed by atoms with Gasteiger partial charge in [-0.25, -0.2) is 0 Å². The zero-order valence-corrected chi connectivity index (χ0v) is 20.0. The van der Waals surface area contributed by atoms with Crippen molar-refractivity contribution in [3.8, 4) is 0 Å². The predicted octanol–water partition coefficient (Wildman–Crippen LogP) is 7.55. The summed E-state index contributed by atoms with van der Waals surface area (Å²) in [6.07, 6.45) is 19.0. The van der Waals surface area contributed by atoms with Crippen LogP contribution in [0.4, 0.5) is 0 Å². The number of hydrogen-bond donors (Lipinski definition) is 0. The average molecular weight is 490 g/mol. The fraction of sp³-hybridized carbons (Fsp3) is 0.857. The van der Waals surface area contributed by atoms with E-state index in [4.69, 9.17) is 0 Å². The summed E-state index contributed by atoms with van der Waals surface area (Å²) in [5.74, 6) is 2.11. The van der Waals surface area contributed by atoms with E-state index < -0.39 is 0 Å². The maximum atomic E-state index is 4.13. The quantitative estimate of drug-likeness (QED) is 0.355. The van der Waals surface area contributed by atoms with E-state index >= 15 is 0 Å². The Balaban J connectivity index is 0. The van der Waals surface area contributed by atoms with Gasteiger partial charge in [0.2, 0.25) is 0 Å². The van der Waals surface area contributed by atoms with Gasteiger partial charge in [0.1, 0.15) is 0 Å². The summed E-state index contributed by atoms with van der Waals surface area (Å²) in [6, 6.07) is 0. The van der Waals surface area contributed by atoms with E-state index in [9.17, 15) is 0 Å². The van der Waals surface area contributed by atoms with Crippen molar-refractivity contribution in [1.82, 2.24) is 0 Å². The van der Waals surface area contributed by atoms with E-state index in [0.717, 1.165) is 32.7 Å². The van der Waals surface area contributed by atoms with Gasteiger partial charge in [-0.3, -0.25) is 0 Å². The molecule has 0 atom stereocenters. The fourth-order valence-corrected chi connectivity index (χ4v) is 2.81. The Morgan fingerprint density at radius 3 is 1.22 bits per heavy atom. The third kappa shape index (κ3) is 17.2. The topological polar surface area (TPSA) is 12.4 Å². The van der Waals surface area contributed by atoms with E-state index in [1.165, 1.54) is 64.2 Å². The van der Waals surface area contributed by atoms with Crippen LogP contribution in [0.1, 0.15) is 98.8 Å². The molecule has 2 aliphatic rings. The van der Waals surface area contributed by atoms with Gasteiger partial charge in [0.05, 0.1) is 0 Å². The van der Waals surface area contributed by atoms with Crippen LogP contribution in [-0.4, -0.2) is 5.54 Å². The molecule has 0 N–H and O–H groups in total. The molecule has 2 heteroatoms. The summed E-state index contributed by atoms with van der Waals surface area (Å²) in [4.78, 5) is 0. The molecule has 0 unspecified atom stereocenters. The van der Waals surface area contributed by atoms with Gasteiger partial charge in [-0.2, -0.15) is 25.7 Å². The molecule has 0 heterocycles. The van der Waals surface area contributed by atoms with Crippen molar-refractivity contribution in [2.45, 2.75) is 104 Å². The largest absolute Gasteiger partial charge is 0.358 e. The SMILES string of the molecule is CC(C)(C)[N]=[Ta].CCC1CC[CH-]CC1.CCC1CC[CH-]CC1.[CH3-]. The molecule has 0 spiro atoms. The number of nitrogens with zero attached hydrogens (tertiary/aromatic N) is 1. The first kappa shape index (κ1) is 25.8. The van der Waals surface area contributed by atoms with Crippen molar-refractivity contribution < 1.29 is 20.9 Å². The summed E-state index contributed by atoms with van der Waals surface area (Å²) in [5.41, 5.74) is 0.216. The second-order valence-electron chi connectivity index (χ2n) is 7.71. The Hall–Kier alpha value is 0.540. The normalized spacial score (nSPS) is 19.3. The Morgan fingerprint density at radius 2 is 1.09 bits per heavy atom. The minimum Gasteiger partial charge on any atom is -0.358 e. The average Bonchev–Trinajstić information content (AvgIpc) is 2.57. The molecule has 2 fully saturated rings. The van der Waals surface area contributed by atoms with E-state index in [1.54, 1.807) is 0 Å². The molecule has 23 heavy (non-hydrogen) atoms. The van der Waals surface area contributed by atoms with Gasteiger partial charge < -0.3 is 20.3 Å². The standard InChI is InChI=1S/2C8H15.C4H9N.CH3.Ta/c2*1-2-8-6-4-3-5-7-8;1-4(2,3)5;;/h2*3,8H,2,4-7H2,1H3;1-3H3;1H3;/q2*-1;;-1;. The first-order valence-electron chi connectivity index (χ1n) is 9.42. The van der Waals surface area contributed by atoms with Crippen LogP contribution in [-0.2, 0) is 20.9 Å². The fourth-order valence-electron chi connectivity index (χ4n) is 2.81. The summed E-state index contributed by atoms with van der Waals surface area (Å²) in [5, 5.41) is 0. The van der Waals surface area contributed by atoms with Gasteiger partial charge in [-0.1, -0.05) is 52.4 Å². The maximum absolute atomic E-state index is 4.13. The first-order chi connectivity index (χ1) is 10.4. The predicted molar refractivity (Wildman–Crippen MR) is 102 cm³/mol. The van der Waals surface area contributed by atoms with Crippen LogP contribution in [0.15, 0.2) is 3.34 Å². The van der Waals surface area contributed by atoms with E-state index in [-0.39, 0.29) is 13.0 Å². The molecule has 0 aromatic rings. The molecule has 0 amide bonds. The summed E-state index contributed by atoms with van der Waals surface area (Å²) >= 11 is 1.15. The number of rotatable bonds is 2. The molecule has 139 valence electrons. The molecule has 0 bridgehead atoms. The van der Waals surface area contributed by atoms with Crippen LogP contribution < -0.4 is 0 Å². The minimum absolute atomic E-state index is 0. The molecular formula is C21H42NTa-3. The third-order valence-corrected chi connectivity index (χ3v) is 6.73. The summed E-state index contributed by atoms with van der Waals surface area (Å²) < 4.78 is 4.13. The molecule has 2 saturated carbocycles. The van der Waals surface area contributed by atoms with Gasteiger partial charge in [0.15, 0.2) is 0 Å². The van der Waals surface area contributed by atoms with Crippen LogP contribution >= 0.6 is 0 Å². The van der Waals surface area contributed by atoms with Gasteiger partial charge in [0.25, 0.3) is 0 Å². The van der Waals surface area contributed by atoms with Crippen LogP contribution in [0, 0.1) is 32.1 Å². The zero-order chi connectivity index (χ0) is 16.8.